The van der Waals surface area contributed by atoms with Crippen LogP contribution in [0.5, 0.6) is 0 Å². The molecule has 1 aromatic rings. The van der Waals surface area contributed by atoms with Gasteiger partial charge >= 0.3 is 0 Å². The molecule has 4 nitrogen and oxygen atoms in total. The minimum atomic E-state index is -0.121. The topological polar surface area (TPSA) is 59.2 Å². The molecule has 0 saturated heterocycles. The van der Waals surface area contributed by atoms with Crippen molar-refractivity contribution in [3.05, 3.63) is 22.8 Å². The molecule has 17 heavy (non-hydrogen) atoms. The Morgan fingerprint density at radius 2 is 2.29 bits per heavy atom. The number of carbonyl (C=O) groups is 1. The highest BCUT2D eigenvalue weighted by molar-refractivity contribution is 6.33. The number of aromatic nitrogens is 1. The summed E-state index contributed by atoms with van der Waals surface area (Å²) in [5, 5.41) is 0.334. The van der Waals surface area contributed by atoms with Gasteiger partial charge in [0.1, 0.15) is 5.82 Å². The highest BCUT2D eigenvalue weighted by Crippen LogP contribution is 2.18. The van der Waals surface area contributed by atoms with Crippen LogP contribution in [0, 0.1) is 5.92 Å². The third-order valence-corrected chi connectivity index (χ3v) is 3.04. The van der Waals surface area contributed by atoms with E-state index >= 15 is 0 Å². The van der Waals surface area contributed by atoms with Crippen molar-refractivity contribution in [2.24, 2.45) is 5.92 Å². The maximum Gasteiger partial charge on any atom is 0.255 e. The number of hydrogen-bond donors (Lipinski definition) is 1. The summed E-state index contributed by atoms with van der Waals surface area (Å²) >= 11 is 5.94. The van der Waals surface area contributed by atoms with E-state index in [2.05, 4.69) is 18.8 Å². The Balaban J connectivity index is 2.85. The van der Waals surface area contributed by atoms with Crippen LogP contribution in [0.2, 0.25) is 5.02 Å². The van der Waals surface area contributed by atoms with Gasteiger partial charge in [-0.3, -0.25) is 4.79 Å². The van der Waals surface area contributed by atoms with Crippen molar-refractivity contribution >= 4 is 23.3 Å². The molecule has 1 rings (SSSR count). The Labute approximate surface area is 107 Å². The normalized spacial score (nSPS) is 12.2. The molecule has 5 heteroatoms. The lowest BCUT2D eigenvalue weighted by molar-refractivity contribution is 0.0775. The van der Waals surface area contributed by atoms with Crippen LogP contribution >= 0.6 is 11.6 Å². The third-order valence-electron chi connectivity index (χ3n) is 2.74. The monoisotopic (exact) mass is 255 g/mol. The maximum atomic E-state index is 12.1. The van der Waals surface area contributed by atoms with Gasteiger partial charge in [-0.1, -0.05) is 31.9 Å². The molecule has 0 aliphatic heterocycles. The molecule has 0 radical (unpaired) electrons. The van der Waals surface area contributed by atoms with Crippen LogP contribution in [0.15, 0.2) is 12.3 Å². The lowest BCUT2D eigenvalue weighted by atomic mass is 10.1. The second-order valence-corrected chi connectivity index (χ2v) is 4.70. The fraction of sp³-hybridized carbons (Fsp3) is 0.500. The number of nitrogens with two attached hydrogens (primary N) is 1. The fourth-order valence-corrected chi connectivity index (χ4v) is 1.69. The van der Waals surface area contributed by atoms with E-state index in [0.29, 0.717) is 28.9 Å². The zero-order chi connectivity index (χ0) is 13.0. The second-order valence-electron chi connectivity index (χ2n) is 4.29. The number of pyridine rings is 1. The van der Waals surface area contributed by atoms with Crippen LogP contribution in [-0.4, -0.2) is 29.4 Å². The van der Waals surface area contributed by atoms with Crippen molar-refractivity contribution in [3.8, 4) is 0 Å². The van der Waals surface area contributed by atoms with Gasteiger partial charge < -0.3 is 10.6 Å². The lowest BCUT2D eigenvalue weighted by Gasteiger charge is -2.21. The van der Waals surface area contributed by atoms with Gasteiger partial charge in [0, 0.05) is 19.8 Å². The van der Waals surface area contributed by atoms with E-state index in [9.17, 15) is 4.79 Å². The zero-order valence-corrected chi connectivity index (χ0v) is 11.2. The number of hydrogen-bond acceptors (Lipinski definition) is 3. The van der Waals surface area contributed by atoms with Gasteiger partial charge in [-0.05, 0) is 12.0 Å². The Kier molecular flexibility index (Phi) is 4.75. The summed E-state index contributed by atoms with van der Waals surface area (Å²) in [5.74, 6) is 0.640. The quantitative estimate of drug-likeness (QED) is 0.899. The van der Waals surface area contributed by atoms with Crippen LogP contribution in [0.4, 0.5) is 5.82 Å². The van der Waals surface area contributed by atoms with Crippen LogP contribution < -0.4 is 5.73 Å². The van der Waals surface area contributed by atoms with E-state index in [-0.39, 0.29) is 5.91 Å². The van der Waals surface area contributed by atoms with E-state index in [1.807, 2.05) is 0 Å². The average Bonchev–Trinajstić information content (AvgIpc) is 2.31. The van der Waals surface area contributed by atoms with Gasteiger partial charge in [-0.25, -0.2) is 4.98 Å². The molecule has 0 spiro atoms. The summed E-state index contributed by atoms with van der Waals surface area (Å²) in [5.41, 5.74) is 5.96. The Bertz CT molecular complexity index is 409. The van der Waals surface area contributed by atoms with E-state index in [1.165, 1.54) is 12.3 Å². The molecule has 0 aliphatic rings. The standard InChI is InChI=1S/C12H18ClN3O/c1-4-8(2)7-16(3)12(17)9-5-11(14)15-6-10(9)13/h5-6,8H,4,7H2,1-3H3,(H2,14,15). The van der Waals surface area contributed by atoms with Crippen molar-refractivity contribution in [2.45, 2.75) is 20.3 Å². The van der Waals surface area contributed by atoms with Crippen molar-refractivity contribution in [2.75, 3.05) is 19.3 Å². The van der Waals surface area contributed by atoms with E-state index < -0.39 is 0 Å². The van der Waals surface area contributed by atoms with Gasteiger partial charge in [0.25, 0.3) is 5.91 Å². The zero-order valence-electron chi connectivity index (χ0n) is 10.4. The molecule has 2 N–H and O–H groups in total. The highest BCUT2D eigenvalue weighted by Gasteiger charge is 2.17. The summed E-state index contributed by atoms with van der Waals surface area (Å²) in [6.45, 7) is 4.90. The number of halogens is 1. The number of nitrogen functional groups attached to an aromatic ring is 1. The lowest BCUT2D eigenvalue weighted by Crippen LogP contribution is -2.31. The third kappa shape index (κ3) is 3.60. The first-order chi connectivity index (χ1) is 7.95. The summed E-state index contributed by atoms with van der Waals surface area (Å²) in [7, 11) is 1.77. The molecule has 0 aliphatic carbocycles. The van der Waals surface area contributed by atoms with E-state index in [4.69, 9.17) is 17.3 Å². The predicted molar refractivity (Wildman–Crippen MR) is 70.1 cm³/mol. The van der Waals surface area contributed by atoms with Gasteiger partial charge in [0.2, 0.25) is 0 Å². The smallest absolute Gasteiger partial charge is 0.255 e. The highest BCUT2D eigenvalue weighted by atomic mass is 35.5. The summed E-state index contributed by atoms with van der Waals surface area (Å²) in [4.78, 5) is 17.6. The molecule has 0 saturated carbocycles. The van der Waals surface area contributed by atoms with Gasteiger partial charge in [0.15, 0.2) is 0 Å². The van der Waals surface area contributed by atoms with Gasteiger partial charge in [0.05, 0.1) is 10.6 Å². The first-order valence-corrected chi connectivity index (χ1v) is 6.00. The molecule has 1 aromatic heterocycles. The van der Waals surface area contributed by atoms with Crippen LogP contribution in [-0.2, 0) is 0 Å². The Hall–Kier alpha value is -1.29. The first-order valence-electron chi connectivity index (χ1n) is 5.62. The number of carbonyl (C=O) groups excluding carboxylic acids is 1. The molecular formula is C12H18ClN3O. The molecule has 1 atom stereocenters. The van der Waals surface area contributed by atoms with Gasteiger partial charge in [-0.15, -0.1) is 0 Å². The van der Waals surface area contributed by atoms with Crippen LogP contribution in [0.25, 0.3) is 0 Å². The average molecular weight is 256 g/mol. The molecular weight excluding hydrogens is 238 g/mol. The largest absolute Gasteiger partial charge is 0.384 e. The first kappa shape index (κ1) is 13.8. The molecule has 1 heterocycles. The summed E-state index contributed by atoms with van der Waals surface area (Å²) < 4.78 is 0. The minimum absolute atomic E-state index is 0.121. The molecule has 0 bridgehead atoms. The molecule has 0 fully saturated rings. The number of anilines is 1. The Morgan fingerprint density at radius 1 is 1.65 bits per heavy atom. The van der Waals surface area contributed by atoms with Crippen molar-refractivity contribution < 1.29 is 4.79 Å². The minimum Gasteiger partial charge on any atom is -0.384 e. The SMILES string of the molecule is CCC(C)CN(C)C(=O)c1cc(N)ncc1Cl. The van der Waals surface area contributed by atoms with Crippen molar-refractivity contribution in [1.29, 1.82) is 0 Å². The molecule has 94 valence electrons. The summed E-state index contributed by atoms with van der Waals surface area (Å²) in [6.07, 6.45) is 2.44. The molecule has 1 unspecified atom stereocenters. The summed E-state index contributed by atoms with van der Waals surface area (Å²) in [6, 6.07) is 1.51. The Morgan fingerprint density at radius 3 is 2.88 bits per heavy atom. The molecule has 0 aromatic carbocycles. The number of nitrogens with zero attached hydrogens (tertiary/aromatic N) is 2. The van der Waals surface area contributed by atoms with E-state index in [0.717, 1.165) is 6.42 Å². The maximum absolute atomic E-state index is 12.1. The predicted octanol–water partition coefficient (Wildman–Crippen LogP) is 2.44. The van der Waals surface area contributed by atoms with Gasteiger partial charge in [-0.2, -0.15) is 0 Å². The van der Waals surface area contributed by atoms with Crippen LogP contribution in [0.3, 0.4) is 0 Å². The number of rotatable bonds is 4. The molecule has 1 amide bonds. The second kappa shape index (κ2) is 5.87. The number of amides is 1. The van der Waals surface area contributed by atoms with Crippen molar-refractivity contribution in [1.82, 2.24) is 9.88 Å². The van der Waals surface area contributed by atoms with Crippen LogP contribution in [0.1, 0.15) is 30.6 Å². The van der Waals surface area contributed by atoms with E-state index in [1.54, 1.807) is 11.9 Å². The fourth-order valence-electron chi connectivity index (χ4n) is 1.50. The van der Waals surface area contributed by atoms with Crippen molar-refractivity contribution in [3.63, 3.8) is 0 Å².